The van der Waals surface area contributed by atoms with Gasteiger partial charge in [-0.25, -0.2) is 0 Å². The number of hydrogen-bond donors (Lipinski definition) is 1. The monoisotopic (exact) mass is 248 g/mol. The molecular weight excluding hydrogens is 228 g/mol. The molecule has 2 aliphatic rings. The minimum absolute atomic E-state index is 0.0138. The molecule has 1 aromatic rings. The minimum atomic E-state index is 0.0138. The van der Waals surface area contributed by atoms with Crippen molar-refractivity contribution in [3.8, 4) is 0 Å². The van der Waals surface area contributed by atoms with Gasteiger partial charge in [-0.05, 0) is 33.1 Å². The Kier molecular flexibility index (Phi) is 2.86. The second-order valence-corrected chi connectivity index (χ2v) is 5.54. The fraction of sp³-hybridized carbons (Fsp3) is 0.692. The third kappa shape index (κ3) is 2.14. The van der Waals surface area contributed by atoms with Crippen LogP contribution in [0.5, 0.6) is 0 Å². The van der Waals surface area contributed by atoms with E-state index in [-0.39, 0.29) is 11.9 Å². The summed E-state index contributed by atoms with van der Waals surface area (Å²) < 4.78 is 1.89. The van der Waals surface area contributed by atoms with Gasteiger partial charge in [0.15, 0.2) is 0 Å². The molecule has 0 spiro atoms. The van der Waals surface area contributed by atoms with Crippen LogP contribution >= 0.6 is 0 Å². The van der Waals surface area contributed by atoms with E-state index in [9.17, 15) is 4.79 Å². The molecule has 1 unspecified atom stereocenters. The van der Waals surface area contributed by atoms with E-state index >= 15 is 0 Å². The SMILES string of the molecule is CC(C)n1cc(N2CCC(NC3CC3)C2=O)cn1. The zero-order valence-corrected chi connectivity index (χ0v) is 11.0. The second-order valence-electron chi connectivity index (χ2n) is 5.54. The molecule has 1 aliphatic carbocycles. The Morgan fingerprint density at radius 2 is 2.17 bits per heavy atom. The highest BCUT2D eigenvalue weighted by molar-refractivity contribution is 5.99. The number of nitrogens with zero attached hydrogens (tertiary/aromatic N) is 3. The van der Waals surface area contributed by atoms with Crippen molar-refractivity contribution in [2.45, 2.75) is 51.2 Å². The summed E-state index contributed by atoms with van der Waals surface area (Å²) >= 11 is 0. The van der Waals surface area contributed by atoms with Crippen LogP contribution in [0.4, 0.5) is 5.69 Å². The van der Waals surface area contributed by atoms with Gasteiger partial charge in [0.05, 0.1) is 17.9 Å². The van der Waals surface area contributed by atoms with Crippen molar-refractivity contribution in [3.63, 3.8) is 0 Å². The zero-order valence-electron chi connectivity index (χ0n) is 11.0. The number of carbonyl (C=O) groups excluding carboxylic acids is 1. The Hall–Kier alpha value is -1.36. The lowest BCUT2D eigenvalue weighted by Crippen LogP contribution is -2.39. The molecule has 1 N–H and O–H groups in total. The summed E-state index contributed by atoms with van der Waals surface area (Å²) in [6.07, 6.45) is 7.09. The second kappa shape index (κ2) is 4.39. The number of hydrogen-bond acceptors (Lipinski definition) is 3. The largest absolute Gasteiger partial charge is 0.308 e. The molecule has 0 radical (unpaired) electrons. The first-order chi connectivity index (χ1) is 8.65. The maximum absolute atomic E-state index is 12.3. The van der Waals surface area contributed by atoms with E-state index < -0.39 is 0 Å². The van der Waals surface area contributed by atoms with E-state index in [1.807, 2.05) is 15.8 Å². The molecule has 18 heavy (non-hydrogen) atoms. The predicted molar refractivity (Wildman–Crippen MR) is 69.5 cm³/mol. The molecule has 2 fully saturated rings. The summed E-state index contributed by atoms with van der Waals surface area (Å²) in [6.45, 7) is 4.97. The fourth-order valence-electron chi connectivity index (χ4n) is 2.38. The van der Waals surface area contributed by atoms with Gasteiger partial charge >= 0.3 is 0 Å². The highest BCUT2D eigenvalue weighted by Crippen LogP contribution is 2.25. The van der Waals surface area contributed by atoms with Crippen LogP contribution in [0.2, 0.25) is 0 Å². The molecule has 1 amide bonds. The Bertz CT molecular complexity index is 450. The van der Waals surface area contributed by atoms with Gasteiger partial charge in [-0.15, -0.1) is 0 Å². The van der Waals surface area contributed by atoms with Crippen LogP contribution in [0, 0.1) is 0 Å². The van der Waals surface area contributed by atoms with Crippen molar-refractivity contribution in [1.82, 2.24) is 15.1 Å². The summed E-state index contributed by atoms with van der Waals surface area (Å²) in [5.41, 5.74) is 0.925. The molecular formula is C13H20N4O. The van der Waals surface area contributed by atoms with E-state index in [2.05, 4.69) is 24.3 Å². The molecule has 5 heteroatoms. The van der Waals surface area contributed by atoms with Crippen LogP contribution in [0.25, 0.3) is 0 Å². The van der Waals surface area contributed by atoms with Gasteiger partial charge in [-0.2, -0.15) is 5.10 Å². The Labute approximate surface area is 107 Å². The van der Waals surface area contributed by atoms with Crippen molar-refractivity contribution >= 4 is 11.6 Å². The first-order valence-corrected chi connectivity index (χ1v) is 6.76. The third-order valence-corrected chi connectivity index (χ3v) is 3.65. The Balaban J connectivity index is 1.70. The molecule has 0 aromatic carbocycles. The number of carbonyl (C=O) groups is 1. The number of amides is 1. The Morgan fingerprint density at radius 1 is 1.39 bits per heavy atom. The van der Waals surface area contributed by atoms with E-state index in [0.717, 1.165) is 18.7 Å². The lowest BCUT2D eigenvalue weighted by atomic mass is 10.2. The van der Waals surface area contributed by atoms with Gasteiger partial charge in [0.2, 0.25) is 5.91 Å². The Morgan fingerprint density at radius 3 is 2.78 bits per heavy atom. The standard InChI is InChI=1S/C13H20N4O/c1-9(2)17-8-11(7-14-17)16-6-5-12(13(16)18)15-10-3-4-10/h7-10,12,15H,3-6H2,1-2H3. The highest BCUT2D eigenvalue weighted by atomic mass is 16.2. The average Bonchev–Trinajstić information content (AvgIpc) is 2.87. The van der Waals surface area contributed by atoms with E-state index in [0.29, 0.717) is 12.1 Å². The van der Waals surface area contributed by atoms with Crippen molar-refractivity contribution in [1.29, 1.82) is 0 Å². The van der Waals surface area contributed by atoms with Gasteiger partial charge in [0, 0.05) is 24.8 Å². The molecule has 3 rings (SSSR count). The predicted octanol–water partition coefficient (Wildman–Crippen LogP) is 1.32. The summed E-state index contributed by atoms with van der Waals surface area (Å²) in [4.78, 5) is 14.1. The first-order valence-electron chi connectivity index (χ1n) is 6.76. The molecule has 1 aromatic heterocycles. The van der Waals surface area contributed by atoms with Gasteiger partial charge in [0.25, 0.3) is 0 Å². The lowest BCUT2D eigenvalue weighted by molar-refractivity contribution is -0.118. The number of aromatic nitrogens is 2. The van der Waals surface area contributed by atoms with Crippen LogP contribution in [0.3, 0.4) is 0 Å². The van der Waals surface area contributed by atoms with Crippen LogP contribution in [0.15, 0.2) is 12.4 Å². The summed E-state index contributed by atoms with van der Waals surface area (Å²) in [7, 11) is 0. The molecule has 98 valence electrons. The topological polar surface area (TPSA) is 50.2 Å². The molecule has 2 heterocycles. The van der Waals surface area contributed by atoms with Crippen LogP contribution in [-0.4, -0.2) is 34.3 Å². The molecule has 0 bridgehead atoms. The minimum Gasteiger partial charge on any atom is -0.308 e. The molecule has 1 saturated heterocycles. The maximum Gasteiger partial charge on any atom is 0.244 e. The normalized spacial score (nSPS) is 24.3. The molecule has 1 atom stereocenters. The molecule has 1 saturated carbocycles. The van der Waals surface area contributed by atoms with Crippen LogP contribution in [0.1, 0.15) is 39.2 Å². The van der Waals surface area contributed by atoms with Gasteiger partial charge in [0.1, 0.15) is 0 Å². The molecule has 1 aliphatic heterocycles. The summed E-state index contributed by atoms with van der Waals surface area (Å²) in [5, 5.41) is 7.71. The average molecular weight is 248 g/mol. The van der Waals surface area contributed by atoms with E-state index in [1.54, 1.807) is 6.20 Å². The lowest BCUT2D eigenvalue weighted by Gasteiger charge is -2.15. The maximum atomic E-state index is 12.3. The summed E-state index contributed by atoms with van der Waals surface area (Å²) in [6, 6.07) is 0.925. The van der Waals surface area contributed by atoms with Crippen molar-refractivity contribution in [2.24, 2.45) is 0 Å². The van der Waals surface area contributed by atoms with Crippen molar-refractivity contribution < 1.29 is 4.79 Å². The van der Waals surface area contributed by atoms with E-state index in [4.69, 9.17) is 0 Å². The molecule has 5 nitrogen and oxygen atoms in total. The van der Waals surface area contributed by atoms with E-state index in [1.165, 1.54) is 12.8 Å². The zero-order chi connectivity index (χ0) is 12.7. The van der Waals surface area contributed by atoms with Crippen molar-refractivity contribution in [2.75, 3.05) is 11.4 Å². The fourth-order valence-corrected chi connectivity index (χ4v) is 2.38. The summed E-state index contributed by atoms with van der Waals surface area (Å²) in [5.74, 6) is 0.199. The number of rotatable bonds is 4. The third-order valence-electron chi connectivity index (χ3n) is 3.65. The van der Waals surface area contributed by atoms with Crippen molar-refractivity contribution in [3.05, 3.63) is 12.4 Å². The number of nitrogens with one attached hydrogen (secondary N) is 1. The highest BCUT2D eigenvalue weighted by Gasteiger charge is 2.36. The first kappa shape index (κ1) is 11.7. The van der Waals surface area contributed by atoms with Gasteiger partial charge in [-0.1, -0.05) is 0 Å². The van der Waals surface area contributed by atoms with Gasteiger partial charge in [-0.3, -0.25) is 9.48 Å². The van der Waals surface area contributed by atoms with Crippen LogP contribution < -0.4 is 10.2 Å². The van der Waals surface area contributed by atoms with Crippen LogP contribution in [-0.2, 0) is 4.79 Å². The number of anilines is 1. The van der Waals surface area contributed by atoms with Gasteiger partial charge < -0.3 is 10.2 Å². The quantitative estimate of drug-likeness (QED) is 0.874. The smallest absolute Gasteiger partial charge is 0.244 e.